The highest BCUT2D eigenvalue weighted by molar-refractivity contribution is 9.09. The summed E-state index contributed by atoms with van der Waals surface area (Å²) in [6.07, 6.45) is 3.64. The predicted octanol–water partition coefficient (Wildman–Crippen LogP) is 2.11. The van der Waals surface area contributed by atoms with Crippen molar-refractivity contribution in [3.8, 4) is 0 Å². The van der Waals surface area contributed by atoms with Crippen molar-refractivity contribution in [3.63, 3.8) is 0 Å². The molecule has 64 valence electrons. The van der Waals surface area contributed by atoms with E-state index in [1.54, 1.807) is 0 Å². The smallest absolute Gasteiger partial charge is 0.302 e. The molecule has 0 saturated heterocycles. The molecule has 1 rings (SSSR count). The van der Waals surface area contributed by atoms with Crippen molar-refractivity contribution in [2.75, 3.05) is 11.9 Å². The van der Waals surface area contributed by atoms with Crippen LogP contribution in [0.15, 0.2) is 0 Å². The lowest BCUT2D eigenvalue weighted by atomic mass is 9.71. The number of esters is 1. The fourth-order valence-corrected chi connectivity index (χ4v) is 1.97. The minimum Gasteiger partial charge on any atom is -0.465 e. The van der Waals surface area contributed by atoms with Crippen molar-refractivity contribution in [2.24, 2.45) is 5.41 Å². The van der Waals surface area contributed by atoms with E-state index >= 15 is 0 Å². The van der Waals surface area contributed by atoms with Gasteiger partial charge < -0.3 is 4.74 Å². The average Bonchev–Trinajstić information content (AvgIpc) is 1.86. The average molecular weight is 221 g/mol. The third-order valence-corrected chi connectivity index (χ3v) is 3.47. The van der Waals surface area contributed by atoms with Gasteiger partial charge in [-0.25, -0.2) is 0 Å². The SMILES string of the molecule is CC(=O)OCC1(CBr)CCC1. The van der Waals surface area contributed by atoms with Gasteiger partial charge in [0.15, 0.2) is 0 Å². The lowest BCUT2D eigenvalue weighted by Gasteiger charge is -2.39. The van der Waals surface area contributed by atoms with E-state index in [0.717, 1.165) is 5.33 Å². The molecular weight excluding hydrogens is 208 g/mol. The zero-order valence-electron chi connectivity index (χ0n) is 6.73. The monoisotopic (exact) mass is 220 g/mol. The van der Waals surface area contributed by atoms with Gasteiger partial charge >= 0.3 is 5.97 Å². The van der Waals surface area contributed by atoms with Crippen LogP contribution in [0.2, 0.25) is 0 Å². The van der Waals surface area contributed by atoms with Gasteiger partial charge in [0.05, 0.1) is 6.61 Å². The lowest BCUT2D eigenvalue weighted by Crippen LogP contribution is -2.36. The molecule has 0 aromatic carbocycles. The first-order valence-electron chi connectivity index (χ1n) is 3.88. The Morgan fingerprint density at radius 3 is 2.55 bits per heavy atom. The summed E-state index contributed by atoms with van der Waals surface area (Å²) in [5, 5.41) is 0.952. The van der Waals surface area contributed by atoms with E-state index in [1.165, 1.54) is 26.2 Å². The number of ether oxygens (including phenoxy) is 1. The van der Waals surface area contributed by atoms with Crippen LogP contribution in [0.1, 0.15) is 26.2 Å². The number of hydrogen-bond acceptors (Lipinski definition) is 2. The summed E-state index contributed by atoms with van der Waals surface area (Å²) in [4.78, 5) is 10.5. The Labute approximate surface area is 75.4 Å². The molecule has 0 amide bonds. The summed E-state index contributed by atoms with van der Waals surface area (Å²) >= 11 is 3.44. The van der Waals surface area contributed by atoms with E-state index in [-0.39, 0.29) is 11.4 Å². The van der Waals surface area contributed by atoms with Crippen molar-refractivity contribution in [2.45, 2.75) is 26.2 Å². The highest BCUT2D eigenvalue weighted by Crippen LogP contribution is 2.42. The van der Waals surface area contributed by atoms with Gasteiger partial charge in [0.1, 0.15) is 0 Å². The number of carbonyl (C=O) groups is 1. The van der Waals surface area contributed by atoms with E-state index in [2.05, 4.69) is 15.9 Å². The molecule has 11 heavy (non-hydrogen) atoms. The van der Waals surface area contributed by atoms with Gasteiger partial charge in [-0.15, -0.1) is 0 Å². The first-order chi connectivity index (χ1) is 5.18. The number of alkyl halides is 1. The molecule has 0 bridgehead atoms. The van der Waals surface area contributed by atoms with Crippen molar-refractivity contribution in [1.29, 1.82) is 0 Å². The molecule has 0 atom stereocenters. The van der Waals surface area contributed by atoms with Crippen molar-refractivity contribution < 1.29 is 9.53 Å². The third-order valence-electron chi connectivity index (χ3n) is 2.28. The fourth-order valence-electron chi connectivity index (χ4n) is 1.25. The minimum atomic E-state index is -0.169. The van der Waals surface area contributed by atoms with Gasteiger partial charge in [-0.3, -0.25) is 4.79 Å². The molecule has 0 aromatic rings. The molecule has 1 aliphatic rings. The van der Waals surface area contributed by atoms with Crippen molar-refractivity contribution in [1.82, 2.24) is 0 Å². The van der Waals surface area contributed by atoms with Crippen LogP contribution in [0.3, 0.4) is 0 Å². The van der Waals surface area contributed by atoms with Crippen LogP contribution in [-0.2, 0) is 9.53 Å². The summed E-state index contributed by atoms with van der Waals surface area (Å²) in [5.41, 5.74) is 0.270. The Hall–Kier alpha value is -0.0500. The summed E-state index contributed by atoms with van der Waals surface area (Å²) in [6.45, 7) is 2.05. The summed E-state index contributed by atoms with van der Waals surface area (Å²) < 4.78 is 4.97. The first kappa shape index (κ1) is 9.04. The Morgan fingerprint density at radius 2 is 2.27 bits per heavy atom. The Kier molecular flexibility index (Phi) is 2.93. The topological polar surface area (TPSA) is 26.3 Å². The van der Waals surface area contributed by atoms with E-state index < -0.39 is 0 Å². The molecule has 1 fully saturated rings. The van der Waals surface area contributed by atoms with Gasteiger partial charge in [-0.05, 0) is 12.8 Å². The molecule has 0 aromatic heterocycles. The molecule has 3 heteroatoms. The minimum absolute atomic E-state index is 0.169. The third kappa shape index (κ3) is 2.19. The molecule has 2 nitrogen and oxygen atoms in total. The van der Waals surface area contributed by atoms with Gasteiger partial charge in [0.25, 0.3) is 0 Å². The van der Waals surface area contributed by atoms with E-state index in [1.807, 2.05) is 0 Å². The van der Waals surface area contributed by atoms with Crippen molar-refractivity contribution in [3.05, 3.63) is 0 Å². The van der Waals surface area contributed by atoms with E-state index in [0.29, 0.717) is 6.61 Å². The molecule has 1 saturated carbocycles. The van der Waals surface area contributed by atoms with Crippen LogP contribution in [0.5, 0.6) is 0 Å². The molecule has 1 aliphatic carbocycles. The van der Waals surface area contributed by atoms with Crippen LogP contribution in [0.25, 0.3) is 0 Å². The van der Waals surface area contributed by atoms with Gasteiger partial charge in [-0.1, -0.05) is 22.4 Å². The van der Waals surface area contributed by atoms with Crippen LogP contribution in [0.4, 0.5) is 0 Å². The number of carbonyl (C=O) groups excluding carboxylic acids is 1. The molecule has 0 N–H and O–H groups in total. The normalized spacial score (nSPS) is 20.5. The second-order valence-corrected chi connectivity index (χ2v) is 3.83. The number of hydrogen-bond donors (Lipinski definition) is 0. The van der Waals surface area contributed by atoms with Crippen molar-refractivity contribution >= 4 is 21.9 Å². The van der Waals surface area contributed by atoms with Crippen LogP contribution in [0, 0.1) is 5.41 Å². The summed E-state index contributed by atoms with van der Waals surface area (Å²) in [6, 6.07) is 0. The van der Waals surface area contributed by atoms with E-state index in [9.17, 15) is 4.79 Å². The van der Waals surface area contributed by atoms with E-state index in [4.69, 9.17) is 4.74 Å². The second-order valence-electron chi connectivity index (χ2n) is 3.27. The van der Waals surface area contributed by atoms with Crippen LogP contribution >= 0.6 is 15.9 Å². The molecule has 0 unspecified atom stereocenters. The molecule has 0 heterocycles. The maximum absolute atomic E-state index is 10.5. The molecular formula is C8H13BrO2. The zero-order chi connectivity index (χ0) is 8.32. The van der Waals surface area contributed by atoms with Crippen LogP contribution in [-0.4, -0.2) is 17.9 Å². The predicted molar refractivity (Wildman–Crippen MR) is 46.7 cm³/mol. The summed E-state index contributed by atoms with van der Waals surface area (Å²) in [7, 11) is 0. The highest BCUT2D eigenvalue weighted by atomic mass is 79.9. The number of rotatable bonds is 3. The Balaban J connectivity index is 2.27. The lowest BCUT2D eigenvalue weighted by molar-refractivity contribution is -0.145. The first-order valence-corrected chi connectivity index (χ1v) is 5.00. The Bertz CT molecular complexity index is 147. The maximum Gasteiger partial charge on any atom is 0.302 e. The second kappa shape index (κ2) is 3.57. The fraction of sp³-hybridized carbons (Fsp3) is 0.875. The van der Waals surface area contributed by atoms with Gasteiger partial charge in [-0.2, -0.15) is 0 Å². The van der Waals surface area contributed by atoms with Crippen LogP contribution < -0.4 is 0 Å². The van der Waals surface area contributed by atoms with Gasteiger partial charge in [0.2, 0.25) is 0 Å². The van der Waals surface area contributed by atoms with Gasteiger partial charge in [0, 0.05) is 17.7 Å². The zero-order valence-corrected chi connectivity index (χ0v) is 8.32. The molecule has 0 spiro atoms. The molecule has 0 aliphatic heterocycles. The summed E-state index contributed by atoms with van der Waals surface area (Å²) in [5.74, 6) is -0.169. The standard InChI is InChI=1S/C8H13BrO2/c1-7(10)11-6-8(5-9)3-2-4-8/h2-6H2,1H3. The Morgan fingerprint density at radius 1 is 1.64 bits per heavy atom. The quantitative estimate of drug-likeness (QED) is 0.539. The largest absolute Gasteiger partial charge is 0.465 e. The maximum atomic E-state index is 10.5. The highest BCUT2D eigenvalue weighted by Gasteiger charge is 2.36. The molecule has 0 radical (unpaired) electrons. The number of halogens is 1.